The van der Waals surface area contributed by atoms with Gasteiger partial charge in [0.05, 0.1) is 10.5 Å². The molecule has 0 saturated carbocycles. The topological polar surface area (TPSA) is 97.3 Å². The van der Waals surface area contributed by atoms with Gasteiger partial charge in [0.15, 0.2) is 0 Å². The Kier molecular flexibility index (Phi) is 6.21. The molecule has 152 valence electrons. The number of nitrogens with zero attached hydrogens (tertiary/aromatic N) is 1. The number of rotatable bonds is 5. The van der Waals surface area contributed by atoms with Gasteiger partial charge in [-0.1, -0.05) is 17.7 Å². The second-order valence-corrected chi connectivity index (χ2v) is 8.01. The van der Waals surface area contributed by atoms with E-state index in [1.165, 1.54) is 25.2 Å². The van der Waals surface area contributed by atoms with Crippen LogP contribution < -0.4 is 15.6 Å². The molecule has 1 aromatic heterocycles. The maximum Gasteiger partial charge on any atom is 0.417 e. The van der Waals surface area contributed by atoms with Crippen molar-refractivity contribution >= 4 is 33.2 Å². The Balaban J connectivity index is 2.30. The molecule has 0 atom stereocenters. The number of nitrogens with one attached hydrogen (secondary N) is 2. The number of anilines is 1. The van der Waals surface area contributed by atoms with Crippen LogP contribution >= 0.6 is 11.6 Å². The van der Waals surface area contributed by atoms with Crippen LogP contribution in [0, 0.1) is 6.92 Å². The minimum absolute atomic E-state index is 0.0768. The molecule has 0 unspecified atom stereocenters. The van der Waals surface area contributed by atoms with Gasteiger partial charge in [0, 0.05) is 11.9 Å². The lowest BCUT2D eigenvalue weighted by Gasteiger charge is -2.13. The molecule has 2 N–H and O–H groups in total. The van der Waals surface area contributed by atoms with Crippen molar-refractivity contribution in [3.8, 4) is 0 Å². The van der Waals surface area contributed by atoms with Crippen LogP contribution in [0.3, 0.4) is 0 Å². The molecule has 7 nitrogen and oxygen atoms in total. The van der Waals surface area contributed by atoms with Crippen LogP contribution in [0.25, 0.3) is 0 Å². The van der Waals surface area contributed by atoms with Gasteiger partial charge in [-0.15, -0.1) is 0 Å². The summed E-state index contributed by atoms with van der Waals surface area (Å²) in [4.78, 5) is 24.0. The number of aryl methyl sites for hydroxylation is 1. The number of sulfonamides is 1. The minimum Gasteiger partial charge on any atom is -0.324 e. The highest BCUT2D eigenvalue weighted by atomic mass is 35.5. The second-order valence-electron chi connectivity index (χ2n) is 5.74. The predicted molar refractivity (Wildman–Crippen MR) is 96.8 cm³/mol. The van der Waals surface area contributed by atoms with Crippen LogP contribution in [0.15, 0.2) is 40.2 Å². The van der Waals surface area contributed by atoms with Crippen molar-refractivity contribution in [1.82, 2.24) is 9.29 Å². The fourth-order valence-electron chi connectivity index (χ4n) is 2.30. The van der Waals surface area contributed by atoms with Crippen molar-refractivity contribution < 1.29 is 26.4 Å². The highest BCUT2D eigenvalue weighted by molar-refractivity contribution is 7.89. The van der Waals surface area contributed by atoms with E-state index < -0.39 is 44.8 Å². The number of hydrogen-bond acceptors (Lipinski definition) is 4. The first-order valence-corrected chi connectivity index (χ1v) is 9.52. The van der Waals surface area contributed by atoms with Crippen molar-refractivity contribution in [2.75, 3.05) is 12.4 Å². The molecule has 0 bridgehead atoms. The van der Waals surface area contributed by atoms with Crippen LogP contribution in [-0.4, -0.2) is 25.9 Å². The molecular formula is C16H15ClF3N3O4S. The third-order valence-corrected chi connectivity index (χ3v) is 5.54. The van der Waals surface area contributed by atoms with E-state index in [2.05, 4.69) is 10.0 Å². The largest absolute Gasteiger partial charge is 0.417 e. The van der Waals surface area contributed by atoms with Gasteiger partial charge in [0.2, 0.25) is 15.9 Å². The highest BCUT2D eigenvalue weighted by Gasteiger charge is 2.32. The van der Waals surface area contributed by atoms with E-state index >= 15 is 0 Å². The molecule has 0 aliphatic heterocycles. The van der Waals surface area contributed by atoms with Gasteiger partial charge in [0.25, 0.3) is 5.56 Å². The van der Waals surface area contributed by atoms with E-state index in [0.717, 1.165) is 0 Å². The molecule has 28 heavy (non-hydrogen) atoms. The fraction of sp³-hybridized carbons (Fsp3) is 0.250. The number of carbonyl (C=O) groups is 1. The SMILES string of the molecule is CNS(=O)(=O)c1cc(NC(=O)Cn2cc(C(F)(F)F)cc(Cl)c2=O)ccc1C. The molecule has 1 amide bonds. The molecule has 2 aromatic rings. The number of carbonyl (C=O) groups excluding carboxylic acids is 1. The van der Waals surface area contributed by atoms with E-state index in [4.69, 9.17) is 11.6 Å². The average Bonchev–Trinajstić information content (AvgIpc) is 2.59. The van der Waals surface area contributed by atoms with Crippen LogP contribution in [-0.2, 0) is 27.5 Å². The Bertz CT molecular complexity index is 1080. The van der Waals surface area contributed by atoms with Gasteiger partial charge in [-0.3, -0.25) is 9.59 Å². The van der Waals surface area contributed by atoms with Crippen LogP contribution in [0.5, 0.6) is 0 Å². The Labute approximate surface area is 163 Å². The number of halogens is 4. The van der Waals surface area contributed by atoms with Crippen LogP contribution in [0.4, 0.5) is 18.9 Å². The quantitative estimate of drug-likeness (QED) is 0.750. The van der Waals surface area contributed by atoms with Crippen molar-refractivity contribution in [1.29, 1.82) is 0 Å². The van der Waals surface area contributed by atoms with Crippen molar-refractivity contribution in [3.05, 3.63) is 57.0 Å². The summed E-state index contributed by atoms with van der Waals surface area (Å²) in [6.07, 6.45) is -4.26. The van der Waals surface area contributed by atoms with Crippen LogP contribution in [0.1, 0.15) is 11.1 Å². The van der Waals surface area contributed by atoms with Crippen molar-refractivity contribution in [3.63, 3.8) is 0 Å². The molecule has 1 aromatic carbocycles. The zero-order valence-electron chi connectivity index (χ0n) is 14.6. The lowest BCUT2D eigenvalue weighted by atomic mass is 10.2. The van der Waals surface area contributed by atoms with E-state index in [1.807, 2.05) is 0 Å². The zero-order valence-corrected chi connectivity index (χ0v) is 16.2. The highest BCUT2D eigenvalue weighted by Crippen LogP contribution is 2.29. The van der Waals surface area contributed by atoms with E-state index in [-0.39, 0.29) is 10.6 Å². The summed E-state index contributed by atoms with van der Waals surface area (Å²) in [6, 6.07) is 4.55. The summed E-state index contributed by atoms with van der Waals surface area (Å²) in [7, 11) is -2.55. The summed E-state index contributed by atoms with van der Waals surface area (Å²) in [5.41, 5.74) is -1.63. The third kappa shape index (κ3) is 4.91. The molecule has 0 radical (unpaired) electrons. The monoisotopic (exact) mass is 437 g/mol. The lowest BCUT2D eigenvalue weighted by Crippen LogP contribution is -2.29. The zero-order chi connectivity index (χ0) is 21.3. The van der Waals surface area contributed by atoms with Gasteiger partial charge in [-0.25, -0.2) is 13.1 Å². The molecule has 0 aliphatic carbocycles. The second kappa shape index (κ2) is 7.94. The maximum atomic E-state index is 12.9. The van der Waals surface area contributed by atoms with Gasteiger partial charge >= 0.3 is 6.18 Å². The molecule has 2 rings (SSSR count). The van der Waals surface area contributed by atoms with Gasteiger partial charge in [-0.2, -0.15) is 13.2 Å². The number of pyridine rings is 1. The van der Waals surface area contributed by atoms with Crippen LogP contribution in [0.2, 0.25) is 5.02 Å². The molecule has 12 heteroatoms. The summed E-state index contributed by atoms with van der Waals surface area (Å²) < 4.78 is 65.2. The van der Waals surface area contributed by atoms with E-state index in [1.54, 1.807) is 6.92 Å². The number of aromatic nitrogens is 1. The molecule has 0 spiro atoms. The molecule has 0 saturated heterocycles. The Morgan fingerprint density at radius 1 is 1.25 bits per heavy atom. The number of benzene rings is 1. The standard InChI is InChI=1S/C16H15ClF3N3O4S/c1-9-3-4-11(6-13(9)28(26,27)21-2)22-14(24)8-23-7-10(16(18,19)20)5-12(17)15(23)25/h3-7,21H,8H2,1-2H3,(H,22,24). The summed E-state index contributed by atoms with van der Waals surface area (Å²) in [5, 5.41) is 1.66. The van der Waals surface area contributed by atoms with Gasteiger partial charge in [-0.05, 0) is 37.7 Å². The van der Waals surface area contributed by atoms with E-state index in [9.17, 15) is 31.2 Å². The average molecular weight is 438 g/mol. The lowest BCUT2D eigenvalue weighted by molar-refractivity contribution is -0.138. The number of hydrogen-bond donors (Lipinski definition) is 2. The predicted octanol–water partition coefficient (Wildman–Crippen LogP) is 2.38. The smallest absolute Gasteiger partial charge is 0.324 e. The van der Waals surface area contributed by atoms with Crippen molar-refractivity contribution in [2.45, 2.75) is 24.5 Å². The Hall–Kier alpha value is -2.37. The van der Waals surface area contributed by atoms with Gasteiger partial charge in [0.1, 0.15) is 11.6 Å². The summed E-state index contributed by atoms with van der Waals surface area (Å²) in [6.45, 7) is 0.810. The maximum absolute atomic E-state index is 12.9. The summed E-state index contributed by atoms with van der Waals surface area (Å²) >= 11 is 5.53. The normalized spacial score (nSPS) is 12.1. The summed E-state index contributed by atoms with van der Waals surface area (Å²) in [5.74, 6) is -0.839. The third-order valence-electron chi connectivity index (χ3n) is 3.71. The molecule has 0 fully saturated rings. The molecule has 1 heterocycles. The Morgan fingerprint density at radius 3 is 2.46 bits per heavy atom. The first-order valence-electron chi connectivity index (χ1n) is 7.66. The first kappa shape index (κ1) is 21.9. The first-order chi connectivity index (χ1) is 12.8. The minimum atomic E-state index is -4.75. The fourth-order valence-corrected chi connectivity index (χ4v) is 3.52. The number of amides is 1. The molecular weight excluding hydrogens is 423 g/mol. The van der Waals surface area contributed by atoms with Gasteiger partial charge < -0.3 is 9.88 Å². The number of alkyl halides is 3. The van der Waals surface area contributed by atoms with Crippen molar-refractivity contribution in [2.24, 2.45) is 0 Å². The van der Waals surface area contributed by atoms with E-state index in [0.29, 0.717) is 22.4 Å². The molecule has 0 aliphatic rings. The Morgan fingerprint density at radius 2 is 1.89 bits per heavy atom.